The lowest BCUT2D eigenvalue weighted by atomic mass is 10.0. The minimum absolute atomic E-state index is 0.000341. The zero-order valence-electron chi connectivity index (χ0n) is 20.8. The molecule has 12 nitrogen and oxygen atoms in total. The number of Topliss-reactive ketones (excluding diaryl/α,β-unsaturated/α-hetero) is 2. The molecule has 198 valence electrons. The molecule has 0 bridgehead atoms. The Bertz CT molecular complexity index is 1040. The molecule has 2 rings (SSSR count). The van der Waals surface area contributed by atoms with Gasteiger partial charge in [0.05, 0.1) is 31.6 Å². The quantitative estimate of drug-likeness (QED) is 0.0777. The highest BCUT2D eigenvalue weighted by Crippen LogP contribution is 2.18. The third kappa shape index (κ3) is 9.47. The summed E-state index contributed by atoms with van der Waals surface area (Å²) >= 11 is 0. The van der Waals surface area contributed by atoms with Gasteiger partial charge in [0.15, 0.2) is 11.6 Å². The fraction of sp³-hybridized carbons (Fsp3) is 0.500. The number of para-hydroxylation sites is 1. The molecule has 1 aromatic heterocycles. The first kappa shape index (κ1) is 29.1. The number of fused-ring (bicyclic) bond motifs is 1. The molecule has 2 amide bonds. The number of carbonyl (C=O) groups excluding carboxylic acids is 4. The van der Waals surface area contributed by atoms with Crippen LogP contribution in [0.3, 0.4) is 0 Å². The van der Waals surface area contributed by atoms with Gasteiger partial charge in [-0.05, 0) is 44.9 Å². The molecular formula is C24H38N8O4. The Balaban J connectivity index is 1.66. The van der Waals surface area contributed by atoms with Gasteiger partial charge in [-0.3, -0.25) is 29.8 Å². The van der Waals surface area contributed by atoms with Crippen molar-refractivity contribution in [3.8, 4) is 0 Å². The molecule has 36 heavy (non-hydrogen) atoms. The molecule has 1 heterocycles. The minimum atomic E-state index is -0.765. The molecule has 0 unspecified atom stereocenters. The molecule has 0 radical (unpaired) electrons. The van der Waals surface area contributed by atoms with Crippen molar-refractivity contribution >= 4 is 34.3 Å². The van der Waals surface area contributed by atoms with Crippen molar-refractivity contribution in [3.63, 3.8) is 0 Å². The van der Waals surface area contributed by atoms with Crippen molar-refractivity contribution in [2.24, 2.45) is 17.2 Å². The van der Waals surface area contributed by atoms with Gasteiger partial charge < -0.3 is 32.8 Å². The molecule has 0 saturated heterocycles. The Morgan fingerprint density at radius 2 is 1.69 bits per heavy atom. The number of aromatic amines is 1. The predicted molar refractivity (Wildman–Crippen MR) is 137 cm³/mol. The lowest BCUT2D eigenvalue weighted by molar-refractivity contribution is -0.129. The highest BCUT2D eigenvalue weighted by molar-refractivity contribution is 6.03. The Kier molecular flexibility index (Phi) is 11.6. The highest BCUT2D eigenvalue weighted by atomic mass is 16.2. The van der Waals surface area contributed by atoms with E-state index in [0.29, 0.717) is 19.4 Å². The summed E-state index contributed by atoms with van der Waals surface area (Å²) in [4.78, 5) is 52.3. The van der Waals surface area contributed by atoms with Crippen LogP contribution >= 0.6 is 0 Å². The Morgan fingerprint density at radius 3 is 2.42 bits per heavy atom. The maximum absolute atomic E-state index is 12.4. The second kappa shape index (κ2) is 14.4. The average molecular weight is 503 g/mol. The normalized spacial score (nSPS) is 13.8. The molecule has 0 aliphatic rings. The van der Waals surface area contributed by atoms with Gasteiger partial charge in [0.25, 0.3) is 0 Å². The largest absolute Gasteiger partial charge is 0.361 e. The number of rotatable bonds is 16. The molecular weight excluding hydrogens is 464 g/mol. The summed E-state index contributed by atoms with van der Waals surface area (Å²) in [5, 5.41) is 11.9. The van der Waals surface area contributed by atoms with E-state index < -0.39 is 30.3 Å². The van der Waals surface area contributed by atoms with E-state index >= 15 is 0 Å². The van der Waals surface area contributed by atoms with Crippen LogP contribution in [-0.4, -0.2) is 66.0 Å². The smallest absolute Gasteiger partial charge is 0.243 e. The van der Waals surface area contributed by atoms with Crippen LogP contribution in [0.2, 0.25) is 0 Å². The zero-order valence-corrected chi connectivity index (χ0v) is 20.8. The standard InChI is InChI=1S/C24H38N8O4/c1-14(20(33)11-21(34)18(25)7-5-9-28-24(26)27)30-13-31-23(36)15(2)32-22(35)10-16-12-29-19-8-4-3-6-17(16)19/h3-4,6,8,12,14-15,18,24,28-30H,5,7,9-11,13,25-27H2,1-2H3,(H,31,36)(H,32,35)/t14-,15+,18-/m0/s1. The van der Waals surface area contributed by atoms with Gasteiger partial charge in [-0.15, -0.1) is 0 Å². The summed E-state index contributed by atoms with van der Waals surface area (Å²) in [6.07, 6.45) is 2.00. The molecule has 0 fully saturated rings. The van der Waals surface area contributed by atoms with Gasteiger partial charge >= 0.3 is 0 Å². The van der Waals surface area contributed by atoms with Gasteiger partial charge in [-0.1, -0.05) is 18.2 Å². The Hall–Kier alpha value is -3.16. The van der Waals surface area contributed by atoms with Crippen LogP contribution in [0, 0.1) is 0 Å². The summed E-state index contributed by atoms with van der Waals surface area (Å²) < 4.78 is 0. The molecule has 0 aliphatic heterocycles. The van der Waals surface area contributed by atoms with E-state index in [1.54, 1.807) is 20.0 Å². The molecule has 2 aromatic rings. The number of H-pyrrole nitrogens is 1. The number of carbonyl (C=O) groups is 4. The number of nitrogens with one attached hydrogen (secondary N) is 5. The lowest BCUT2D eigenvalue weighted by Gasteiger charge is -2.17. The number of benzene rings is 1. The van der Waals surface area contributed by atoms with Crippen LogP contribution < -0.4 is 38.5 Å². The van der Waals surface area contributed by atoms with Crippen LogP contribution in [0.5, 0.6) is 0 Å². The van der Waals surface area contributed by atoms with E-state index in [4.69, 9.17) is 17.2 Å². The maximum Gasteiger partial charge on any atom is 0.243 e. The van der Waals surface area contributed by atoms with Crippen LogP contribution in [0.4, 0.5) is 0 Å². The van der Waals surface area contributed by atoms with Gasteiger partial charge in [0, 0.05) is 17.1 Å². The van der Waals surface area contributed by atoms with Crippen LogP contribution in [0.25, 0.3) is 10.9 Å². The first-order valence-corrected chi connectivity index (χ1v) is 12.0. The second-order valence-corrected chi connectivity index (χ2v) is 8.81. The number of amides is 2. The summed E-state index contributed by atoms with van der Waals surface area (Å²) in [5.41, 5.74) is 18.4. The molecule has 0 spiro atoms. The van der Waals surface area contributed by atoms with E-state index in [-0.39, 0.29) is 37.0 Å². The van der Waals surface area contributed by atoms with Crippen molar-refractivity contribution in [1.29, 1.82) is 0 Å². The number of hydrogen-bond acceptors (Lipinski definition) is 9. The van der Waals surface area contributed by atoms with Crippen molar-refractivity contribution in [2.45, 2.75) is 63.9 Å². The average Bonchev–Trinajstić information content (AvgIpc) is 3.23. The fourth-order valence-electron chi connectivity index (χ4n) is 3.57. The Morgan fingerprint density at radius 1 is 0.972 bits per heavy atom. The second-order valence-electron chi connectivity index (χ2n) is 8.81. The number of nitrogens with two attached hydrogens (primary N) is 3. The highest BCUT2D eigenvalue weighted by Gasteiger charge is 2.21. The van der Waals surface area contributed by atoms with E-state index in [2.05, 4.69) is 26.3 Å². The van der Waals surface area contributed by atoms with Crippen molar-refractivity contribution in [2.75, 3.05) is 13.2 Å². The van der Waals surface area contributed by atoms with Crippen LogP contribution in [0.15, 0.2) is 30.5 Å². The van der Waals surface area contributed by atoms with E-state index in [9.17, 15) is 19.2 Å². The summed E-state index contributed by atoms with van der Waals surface area (Å²) in [5.74, 6) is -1.36. The summed E-state index contributed by atoms with van der Waals surface area (Å²) in [7, 11) is 0. The number of ketones is 2. The monoisotopic (exact) mass is 502 g/mol. The maximum atomic E-state index is 12.4. The molecule has 12 heteroatoms. The third-order valence-corrected chi connectivity index (χ3v) is 5.78. The molecule has 0 aliphatic carbocycles. The summed E-state index contributed by atoms with van der Waals surface area (Å²) in [6.45, 7) is 3.70. The fourth-order valence-corrected chi connectivity index (χ4v) is 3.57. The molecule has 0 saturated carbocycles. The molecule has 11 N–H and O–H groups in total. The van der Waals surface area contributed by atoms with E-state index in [1.807, 2.05) is 24.3 Å². The first-order valence-electron chi connectivity index (χ1n) is 12.0. The van der Waals surface area contributed by atoms with Crippen molar-refractivity contribution < 1.29 is 19.2 Å². The van der Waals surface area contributed by atoms with Gasteiger partial charge in [0.2, 0.25) is 11.8 Å². The zero-order chi connectivity index (χ0) is 26.7. The van der Waals surface area contributed by atoms with Crippen molar-refractivity contribution in [1.82, 2.24) is 26.3 Å². The van der Waals surface area contributed by atoms with E-state index in [0.717, 1.165) is 16.5 Å². The van der Waals surface area contributed by atoms with Crippen LogP contribution in [0.1, 0.15) is 38.7 Å². The van der Waals surface area contributed by atoms with Crippen molar-refractivity contribution in [3.05, 3.63) is 36.0 Å². The van der Waals surface area contributed by atoms with E-state index in [1.165, 1.54) is 0 Å². The first-order chi connectivity index (χ1) is 17.1. The van der Waals surface area contributed by atoms with Crippen LogP contribution in [-0.2, 0) is 25.6 Å². The summed E-state index contributed by atoms with van der Waals surface area (Å²) in [6, 6.07) is 5.49. The minimum Gasteiger partial charge on any atom is -0.361 e. The van der Waals surface area contributed by atoms with Gasteiger partial charge in [-0.2, -0.15) is 0 Å². The third-order valence-electron chi connectivity index (χ3n) is 5.78. The SMILES string of the molecule is C[C@H](NCNC(=O)[C@@H](C)NC(=O)Cc1c[nH]c2ccccc12)C(=O)CC(=O)[C@@H](N)CCCNC(N)N. The number of aromatic nitrogens is 1. The predicted octanol–water partition coefficient (Wildman–Crippen LogP) is -1.31. The molecule has 1 aromatic carbocycles. The Labute approximate surface area is 210 Å². The lowest BCUT2D eigenvalue weighted by Crippen LogP contribution is -2.49. The topological polar surface area (TPSA) is 210 Å². The van der Waals surface area contributed by atoms with Gasteiger partial charge in [-0.25, -0.2) is 0 Å². The molecule has 3 atom stereocenters. The van der Waals surface area contributed by atoms with Gasteiger partial charge in [0.1, 0.15) is 12.3 Å². The number of hydrogen-bond donors (Lipinski definition) is 8.